The Morgan fingerprint density at radius 3 is 2.35 bits per heavy atom. The Kier molecular flexibility index (Phi) is 13.2. The lowest BCUT2D eigenvalue weighted by Gasteiger charge is -2.49. The highest BCUT2D eigenvalue weighted by Gasteiger charge is 2.55. The minimum absolute atomic E-state index is 0.0486. The van der Waals surface area contributed by atoms with Crippen LogP contribution in [0.4, 0.5) is 4.79 Å². The number of benzene rings is 1. The van der Waals surface area contributed by atoms with Crippen LogP contribution in [0.5, 0.6) is 0 Å². The molecule has 5 nitrogen and oxygen atoms in total. The first-order valence-electron chi connectivity index (χ1n) is 17.5. The molecule has 2 fully saturated rings. The first-order chi connectivity index (χ1) is 20.2. The molecule has 0 unspecified atom stereocenters. The number of likely N-dealkylation sites (tertiary alicyclic amines) is 1. The number of carbonyl (C=O) groups is 1. The molecule has 1 amide bonds. The van der Waals surface area contributed by atoms with E-state index in [9.17, 15) is 4.79 Å². The van der Waals surface area contributed by atoms with Gasteiger partial charge in [0.15, 0.2) is 8.32 Å². The number of hydrogen-bond donors (Lipinski definition) is 0. The van der Waals surface area contributed by atoms with Gasteiger partial charge in [-0.15, -0.1) is 0 Å². The molecule has 6 heteroatoms. The second-order valence-electron chi connectivity index (χ2n) is 16.0. The summed E-state index contributed by atoms with van der Waals surface area (Å²) in [4.78, 5) is 16.2. The molecule has 4 atom stereocenters. The molecule has 0 aromatic heterocycles. The fraction of sp³-hybridized carbons (Fsp3) is 0.811. The number of nitrogens with zero attached hydrogens (tertiary/aromatic N) is 1. The predicted molar refractivity (Wildman–Crippen MR) is 182 cm³/mol. The summed E-state index contributed by atoms with van der Waals surface area (Å²) in [7, 11) is -1.88. The van der Waals surface area contributed by atoms with Crippen LogP contribution in [-0.4, -0.2) is 49.2 Å². The van der Waals surface area contributed by atoms with Crippen LogP contribution in [0.3, 0.4) is 0 Å². The second kappa shape index (κ2) is 15.8. The highest BCUT2D eigenvalue weighted by atomic mass is 28.4. The summed E-state index contributed by atoms with van der Waals surface area (Å²) in [5.41, 5.74) is 0.493. The van der Waals surface area contributed by atoms with Crippen molar-refractivity contribution in [2.24, 2.45) is 5.92 Å². The molecular formula is C37H65NO4Si. The van der Waals surface area contributed by atoms with Gasteiger partial charge >= 0.3 is 6.09 Å². The lowest BCUT2D eigenvalue weighted by Crippen LogP contribution is -2.58. The topological polar surface area (TPSA) is 48.0 Å². The first kappa shape index (κ1) is 36.1. The summed E-state index contributed by atoms with van der Waals surface area (Å²) in [5.74, 6) is 0.467. The molecular weight excluding hydrogens is 550 g/mol. The van der Waals surface area contributed by atoms with E-state index in [0.29, 0.717) is 25.2 Å². The monoisotopic (exact) mass is 615 g/mol. The smallest absolute Gasteiger partial charge is 0.411 e. The minimum atomic E-state index is -1.88. The van der Waals surface area contributed by atoms with Gasteiger partial charge in [-0.3, -0.25) is 4.90 Å². The Morgan fingerprint density at radius 1 is 0.977 bits per heavy atom. The number of rotatable bonds is 14. The van der Waals surface area contributed by atoms with Crippen LogP contribution < -0.4 is 0 Å². The van der Waals surface area contributed by atoms with Crippen molar-refractivity contribution in [1.82, 2.24) is 4.90 Å². The van der Waals surface area contributed by atoms with Crippen LogP contribution in [0.1, 0.15) is 138 Å². The molecule has 0 N–H and O–H groups in total. The van der Waals surface area contributed by atoms with E-state index in [1.54, 1.807) is 0 Å². The van der Waals surface area contributed by atoms with Crippen molar-refractivity contribution in [3.63, 3.8) is 0 Å². The second-order valence-corrected chi connectivity index (χ2v) is 20.8. The van der Waals surface area contributed by atoms with E-state index in [-0.39, 0.29) is 22.7 Å². The van der Waals surface area contributed by atoms with Gasteiger partial charge in [-0.05, 0) is 95.3 Å². The Bertz CT molecular complexity index is 969. The van der Waals surface area contributed by atoms with Gasteiger partial charge in [0.1, 0.15) is 5.60 Å². The van der Waals surface area contributed by atoms with Gasteiger partial charge in [0.25, 0.3) is 0 Å². The molecule has 0 radical (unpaired) electrons. The number of unbranched alkanes of at least 4 members (excludes halogenated alkanes) is 3. The molecule has 1 aliphatic heterocycles. The zero-order chi connectivity index (χ0) is 31.7. The van der Waals surface area contributed by atoms with Gasteiger partial charge in [0, 0.05) is 11.6 Å². The maximum Gasteiger partial charge on any atom is 0.411 e. The molecule has 1 saturated carbocycles. The predicted octanol–water partition coefficient (Wildman–Crippen LogP) is 10.7. The minimum Gasteiger partial charge on any atom is -0.444 e. The van der Waals surface area contributed by atoms with Crippen molar-refractivity contribution in [1.29, 1.82) is 0 Å². The normalized spacial score (nSPS) is 24.0. The van der Waals surface area contributed by atoms with E-state index in [4.69, 9.17) is 13.9 Å². The summed E-state index contributed by atoms with van der Waals surface area (Å²) >= 11 is 0. The van der Waals surface area contributed by atoms with Crippen LogP contribution in [-0.2, 0) is 20.5 Å². The lowest BCUT2D eigenvalue weighted by atomic mass is 9.69. The Balaban J connectivity index is 1.79. The zero-order valence-corrected chi connectivity index (χ0v) is 30.3. The maximum atomic E-state index is 14.0. The molecule has 1 spiro atoms. The summed E-state index contributed by atoms with van der Waals surface area (Å²) in [6, 6.07) is 10.4. The third-order valence-electron chi connectivity index (χ3n) is 10.4. The van der Waals surface area contributed by atoms with E-state index in [1.807, 2.05) is 26.8 Å². The van der Waals surface area contributed by atoms with Crippen LogP contribution >= 0.6 is 0 Å². The van der Waals surface area contributed by atoms with Crippen LogP contribution in [0.15, 0.2) is 30.3 Å². The van der Waals surface area contributed by atoms with Gasteiger partial charge in [0.2, 0.25) is 0 Å². The van der Waals surface area contributed by atoms with E-state index in [0.717, 1.165) is 38.5 Å². The van der Waals surface area contributed by atoms with Crippen molar-refractivity contribution < 1.29 is 18.7 Å². The SMILES string of the molecule is CCCCCC[C@@H](CC[C@@H]1CCCC[C@]12CC[C@@H](COCc1ccccc1)N2C(=O)OC(C)(C)C)O[Si](C)(C)C(C)(C)C. The van der Waals surface area contributed by atoms with Gasteiger partial charge in [-0.25, -0.2) is 4.79 Å². The third-order valence-corrected chi connectivity index (χ3v) is 15.0. The van der Waals surface area contributed by atoms with E-state index >= 15 is 0 Å². The van der Waals surface area contributed by atoms with E-state index < -0.39 is 13.9 Å². The largest absolute Gasteiger partial charge is 0.444 e. The zero-order valence-electron chi connectivity index (χ0n) is 29.3. The van der Waals surface area contributed by atoms with Crippen molar-refractivity contribution in [3.8, 4) is 0 Å². The number of ether oxygens (including phenoxy) is 2. The average molecular weight is 616 g/mol. The quantitative estimate of drug-likeness (QED) is 0.154. The molecule has 2 aliphatic rings. The molecule has 1 aliphatic carbocycles. The number of carbonyl (C=O) groups excluding carboxylic acids is 1. The molecule has 3 rings (SSSR count). The molecule has 0 bridgehead atoms. The molecule has 246 valence electrons. The van der Waals surface area contributed by atoms with Crippen molar-refractivity contribution in [2.45, 2.75) is 180 Å². The summed E-state index contributed by atoms with van der Waals surface area (Å²) in [5, 5.41) is 0.201. The molecule has 1 heterocycles. The van der Waals surface area contributed by atoms with Crippen molar-refractivity contribution >= 4 is 14.4 Å². The average Bonchev–Trinajstić information content (AvgIpc) is 3.27. The molecule has 1 aromatic carbocycles. The third kappa shape index (κ3) is 10.3. The number of hydrogen-bond acceptors (Lipinski definition) is 4. The standard InChI is InChI=1S/C37H65NO4Si/c1-10-11-12-16-22-33(42-43(8,9)36(5,6)7)24-23-31-21-17-18-26-37(31)27-25-32(38(37)34(39)41-35(2,3)4)29-40-28-30-19-14-13-15-20-30/h13-15,19-20,31-33H,10-12,16-18,21-29H2,1-9H3/t31-,32-,33-,37-/m0/s1. The first-order valence-corrected chi connectivity index (χ1v) is 20.4. The van der Waals surface area contributed by atoms with Crippen LogP contribution in [0.2, 0.25) is 18.1 Å². The van der Waals surface area contributed by atoms with Gasteiger partial charge in [0.05, 0.1) is 19.3 Å². The Labute approximate surface area is 265 Å². The van der Waals surface area contributed by atoms with E-state index in [2.05, 4.69) is 70.0 Å². The van der Waals surface area contributed by atoms with Crippen molar-refractivity contribution in [3.05, 3.63) is 35.9 Å². The lowest BCUT2D eigenvalue weighted by molar-refractivity contribution is -0.0440. The van der Waals surface area contributed by atoms with Crippen molar-refractivity contribution in [2.75, 3.05) is 6.61 Å². The van der Waals surface area contributed by atoms with Gasteiger partial charge in [-0.1, -0.05) is 96.6 Å². The van der Waals surface area contributed by atoms with Gasteiger partial charge < -0.3 is 13.9 Å². The summed E-state index contributed by atoms with van der Waals surface area (Å²) in [6.45, 7) is 21.2. The highest BCUT2D eigenvalue weighted by molar-refractivity contribution is 6.74. The van der Waals surface area contributed by atoms with E-state index in [1.165, 1.54) is 50.5 Å². The van der Waals surface area contributed by atoms with Crippen LogP contribution in [0, 0.1) is 5.92 Å². The van der Waals surface area contributed by atoms with Crippen LogP contribution in [0.25, 0.3) is 0 Å². The number of amides is 1. The summed E-state index contributed by atoms with van der Waals surface area (Å²) in [6.07, 6.45) is 15.3. The molecule has 1 aromatic rings. The van der Waals surface area contributed by atoms with Gasteiger partial charge in [-0.2, -0.15) is 0 Å². The fourth-order valence-corrected chi connectivity index (χ4v) is 8.53. The highest BCUT2D eigenvalue weighted by Crippen LogP contribution is 2.50. The summed E-state index contributed by atoms with van der Waals surface area (Å²) < 4.78 is 19.5. The maximum absolute atomic E-state index is 14.0. The fourth-order valence-electron chi connectivity index (χ4n) is 7.11. The Morgan fingerprint density at radius 2 is 1.70 bits per heavy atom. The molecule has 1 saturated heterocycles. The Hall–Kier alpha value is -1.37. The molecule has 43 heavy (non-hydrogen) atoms.